The second kappa shape index (κ2) is 11.5. The van der Waals surface area contributed by atoms with Gasteiger partial charge in [0.05, 0.1) is 0 Å². The number of hydrogen-bond acceptors (Lipinski definition) is 3. The fourth-order valence-corrected chi connectivity index (χ4v) is 2.97. The highest BCUT2D eigenvalue weighted by molar-refractivity contribution is 14.0. The first-order valence-electron chi connectivity index (χ1n) is 8.82. The molecular weight excluding hydrogens is 401 g/mol. The Morgan fingerprint density at radius 1 is 1.22 bits per heavy atom. The van der Waals surface area contributed by atoms with Crippen LogP contribution in [0.15, 0.2) is 4.99 Å². The number of nitrogens with one attached hydrogen (secondary N) is 2. The van der Waals surface area contributed by atoms with Crippen molar-refractivity contribution in [2.45, 2.75) is 46.6 Å². The molecule has 1 unspecified atom stereocenters. The van der Waals surface area contributed by atoms with Crippen molar-refractivity contribution in [3.63, 3.8) is 0 Å². The highest BCUT2D eigenvalue weighted by Gasteiger charge is 2.25. The van der Waals surface area contributed by atoms with Crippen molar-refractivity contribution in [1.29, 1.82) is 0 Å². The van der Waals surface area contributed by atoms with E-state index >= 15 is 0 Å². The van der Waals surface area contributed by atoms with Gasteiger partial charge in [0.2, 0.25) is 0 Å². The predicted molar refractivity (Wildman–Crippen MR) is 112 cm³/mol. The number of aliphatic imine (C=N–C) groups is 1. The Balaban J connectivity index is 0.00000484. The van der Waals surface area contributed by atoms with Gasteiger partial charge in [0.1, 0.15) is 0 Å². The monoisotopic (exact) mass is 439 g/mol. The first-order chi connectivity index (χ1) is 10.4. The average molecular weight is 439 g/mol. The molecule has 0 spiro atoms. The molecule has 0 aliphatic carbocycles. The molecule has 1 atom stereocenters. The third-order valence-corrected chi connectivity index (χ3v) is 4.27. The number of rotatable bonds is 7. The van der Waals surface area contributed by atoms with Crippen LogP contribution in [0.3, 0.4) is 0 Å². The molecule has 1 heterocycles. The summed E-state index contributed by atoms with van der Waals surface area (Å²) in [5.74, 6) is 1.82. The Kier molecular flexibility index (Phi) is 11.4. The van der Waals surface area contributed by atoms with E-state index in [0.29, 0.717) is 0 Å². The molecular formula is C17H38IN5. The molecule has 1 saturated heterocycles. The molecule has 0 amide bonds. The molecule has 1 aliphatic rings. The van der Waals surface area contributed by atoms with Crippen molar-refractivity contribution in [2.75, 3.05) is 52.9 Å². The molecule has 138 valence electrons. The molecule has 5 nitrogen and oxygen atoms in total. The number of likely N-dealkylation sites (tertiary alicyclic amines) is 1. The van der Waals surface area contributed by atoms with Crippen LogP contribution in [-0.4, -0.2) is 74.2 Å². The van der Waals surface area contributed by atoms with Crippen LogP contribution in [0, 0.1) is 5.92 Å². The van der Waals surface area contributed by atoms with Gasteiger partial charge >= 0.3 is 0 Å². The zero-order valence-electron chi connectivity index (χ0n) is 16.0. The molecule has 0 saturated carbocycles. The first kappa shape index (κ1) is 22.9. The van der Waals surface area contributed by atoms with Crippen LogP contribution in [0.5, 0.6) is 0 Å². The van der Waals surface area contributed by atoms with Crippen LogP contribution in [0.1, 0.15) is 41.0 Å². The summed E-state index contributed by atoms with van der Waals surface area (Å²) in [4.78, 5) is 9.38. The third-order valence-electron chi connectivity index (χ3n) is 4.27. The highest BCUT2D eigenvalue weighted by atomic mass is 127. The topological polar surface area (TPSA) is 42.9 Å². The van der Waals surface area contributed by atoms with Crippen molar-refractivity contribution in [3.05, 3.63) is 0 Å². The normalized spacial score (nSPS) is 19.2. The van der Waals surface area contributed by atoms with Gasteiger partial charge in [-0.1, -0.05) is 13.8 Å². The Morgan fingerprint density at radius 3 is 2.39 bits per heavy atom. The molecule has 23 heavy (non-hydrogen) atoms. The van der Waals surface area contributed by atoms with Gasteiger partial charge in [0.15, 0.2) is 5.96 Å². The summed E-state index contributed by atoms with van der Waals surface area (Å²) in [6, 6.07) is 0. The summed E-state index contributed by atoms with van der Waals surface area (Å²) < 4.78 is 0. The Morgan fingerprint density at radius 2 is 1.87 bits per heavy atom. The highest BCUT2D eigenvalue weighted by Crippen LogP contribution is 2.17. The van der Waals surface area contributed by atoms with Crippen molar-refractivity contribution in [1.82, 2.24) is 20.4 Å². The van der Waals surface area contributed by atoms with E-state index < -0.39 is 0 Å². The van der Waals surface area contributed by atoms with E-state index in [1.165, 1.54) is 13.0 Å². The Bertz CT molecular complexity index is 336. The quantitative estimate of drug-likeness (QED) is 0.276. The first-order valence-corrected chi connectivity index (χ1v) is 8.82. The molecule has 0 radical (unpaired) electrons. The maximum atomic E-state index is 4.45. The van der Waals surface area contributed by atoms with E-state index in [-0.39, 0.29) is 29.5 Å². The molecule has 1 aliphatic heterocycles. The number of hydrogen-bond donors (Lipinski definition) is 2. The molecule has 0 aromatic rings. The van der Waals surface area contributed by atoms with E-state index in [2.05, 4.69) is 60.0 Å². The second-order valence-electron chi connectivity index (χ2n) is 7.24. The van der Waals surface area contributed by atoms with E-state index in [4.69, 9.17) is 0 Å². The summed E-state index contributed by atoms with van der Waals surface area (Å²) in [6.07, 6.45) is 1.28. The lowest BCUT2D eigenvalue weighted by Gasteiger charge is -2.25. The van der Waals surface area contributed by atoms with Crippen LogP contribution >= 0.6 is 24.0 Å². The molecule has 0 aromatic carbocycles. The zero-order valence-corrected chi connectivity index (χ0v) is 18.3. The van der Waals surface area contributed by atoms with Gasteiger partial charge < -0.3 is 20.4 Å². The average Bonchev–Trinajstić information content (AvgIpc) is 2.92. The second-order valence-corrected chi connectivity index (χ2v) is 7.24. The predicted octanol–water partition coefficient (Wildman–Crippen LogP) is 2.23. The Hall–Kier alpha value is -0.0800. The summed E-state index contributed by atoms with van der Waals surface area (Å²) >= 11 is 0. The summed E-state index contributed by atoms with van der Waals surface area (Å²) in [5, 5.41) is 6.98. The lowest BCUT2D eigenvalue weighted by Crippen LogP contribution is -2.45. The number of halogens is 1. The summed E-state index contributed by atoms with van der Waals surface area (Å²) in [7, 11) is 1.89. The van der Waals surface area contributed by atoms with Crippen LogP contribution in [0.25, 0.3) is 0 Å². The van der Waals surface area contributed by atoms with Gasteiger partial charge in [-0.3, -0.25) is 4.99 Å². The van der Waals surface area contributed by atoms with Crippen LogP contribution in [-0.2, 0) is 0 Å². The zero-order chi connectivity index (χ0) is 16.6. The fraction of sp³-hybridized carbons (Fsp3) is 0.941. The van der Waals surface area contributed by atoms with Gasteiger partial charge in [-0.25, -0.2) is 0 Å². The minimum Gasteiger partial charge on any atom is -0.355 e. The lowest BCUT2D eigenvalue weighted by molar-refractivity contribution is 0.255. The maximum Gasteiger partial charge on any atom is 0.193 e. The molecule has 2 N–H and O–H groups in total. The van der Waals surface area contributed by atoms with E-state index in [0.717, 1.165) is 51.1 Å². The van der Waals surface area contributed by atoms with E-state index in [1.54, 1.807) is 0 Å². The van der Waals surface area contributed by atoms with Gasteiger partial charge in [-0.05, 0) is 46.2 Å². The summed E-state index contributed by atoms with van der Waals surface area (Å²) in [5.41, 5.74) is 0.174. The van der Waals surface area contributed by atoms with Gasteiger partial charge in [0, 0.05) is 45.3 Å². The molecule has 0 bridgehead atoms. The largest absolute Gasteiger partial charge is 0.355 e. The van der Waals surface area contributed by atoms with Gasteiger partial charge in [-0.2, -0.15) is 0 Å². The fourth-order valence-electron chi connectivity index (χ4n) is 2.97. The Labute approximate surface area is 160 Å². The molecule has 6 heteroatoms. The van der Waals surface area contributed by atoms with Crippen LogP contribution in [0.2, 0.25) is 0 Å². The SMILES string of the molecule is CCN(CC)CC1CCN(C(=NC)NCCNC(C)(C)C)C1.I. The van der Waals surface area contributed by atoms with Gasteiger partial charge in [0.25, 0.3) is 0 Å². The van der Waals surface area contributed by atoms with E-state index in [1.807, 2.05) is 7.05 Å². The van der Waals surface area contributed by atoms with Crippen molar-refractivity contribution in [2.24, 2.45) is 10.9 Å². The minimum absolute atomic E-state index is 0. The van der Waals surface area contributed by atoms with Crippen LogP contribution in [0.4, 0.5) is 0 Å². The van der Waals surface area contributed by atoms with Gasteiger partial charge in [-0.15, -0.1) is 24.0 Å². The van der Waals surface area contributed by atoms with Crippen molar-refractivity contribution in [3.8, 4) is 0 Å². The lowest BCUT2D eigenvalue weighted by atomic mass is 10.1. The van der Waals surface area contributed by atoms with Crippen molar-refractivity contribution >= 4 is 29.9 Å². The van der Waals surface area contributed by atoms with Crippen molar-refractivity contribution < 1.29 is 0 Å². The van der Waals surface area contributed by atoms with E-state index in [9.17, 15) is 0 Å². The smallest absolute Gasteiger partial charge is 0.193 e. The standard InChI is InChI=1S/C17H37N5.HI/c1-7-21(8-2)13-15-9-12-22(14-15)16(18-6)19-10-11-20-17(3,4)5;/h15,20H,7-14H2,1-6H3,(H,18,19);1H. The summed E-state index contributed by atoms with van der Waals surface area (Å²) in [6.45, 7) is 18.7. The molecule has 1 fully saturated rings. The van der Waals surface area contributed by atoms with Crippen LogP contribution < -0.4 is 10.6 Å². The maximum absolute atomic E-state index is 4.45. The third kappa shape index (κ3) is 9.10. The molecule has 1 rings (SSSR count). The minimum atomic E-state index is 0. The number of nitrogens with zero attached hydrogens (tertiary/aromatic N) is 3. The number of guanidine groups is 1. The molecule has 0 aromatic heterocycles.